The minimum Gasteiger partial charge on any atom is -0.478 e. The van der Waals surface area contributed by atoms with Gasteiger partial charge in [-0.3, -0.25) is 4.98 Å². The van der Waals surface area contributed by atoms with Crippen molar-refractivity contribution in [2.45, 2.75) is 25.9 Å². The van der Waals surface area contributed by atoms with Crippen molar-refractivity contribution in [1.29, 1.82) is 0 Å². The maximum Gasteiger partial charge on any atom is 0.349 e. The Labute approximate surface area is 156 Å². The van der Waals surface area contributed by atoms with E-state index in [1.165, 1.54) is 0 Å². The molecule has 0 saturated carbocycles. The van der Waals surface area contributed by atoms with Crippen LogP contribution in [-0.2, 0) is 11.2 Å². The predicted molar refractivity (Wildman–Crippen MR) is 99.3 cm³/mol. The van der Waals surface area contributed by atoms with Gasteiger partial charge in [0.1, 0.15) is 5.52 Å². The van der Waals surface area contributed by atoms with Gasteiger partial charge in [0.2, 0.25) is 12.9 Å². The summed E-state index contributed by atoms with van der Waals surface area (Å²) in [7, 11) is 0. The van der Waals surface area contributed by atoms with Crippen LogP contribution in [-0.4, -0.2) is 22.9 Å². The van der Waals surface area contributed by atoms with Crippen molar-refractivity contribution in [1.82, 2.24) is 4.98 Å². The van der Waals surface area contributed by atoms with Crippen LogP contribution in [0.2, 0.25) is 0 Å². The van der Waals surface area contributed by atoms with E-state index in [9.17, 15) is 9.90 Å². The van der Waals surface area contributed by atoms with Crippen LogP contribution in [0.5, 0.6) is 17.2 Å². The van der Waals surface area contributed by atoms with Crippen LogP contribution in [0.25, 0.3) is 10.9 Å². The number of carboxylic acids is 1. The summed E-state index contributed by atoms with van der Waals surface area (Å²) in [5.74, 6) is 0.554. The molecule has 0 saturated heterocycles. The SMILES string of the molecule is CCCc1ccc2cccnc2c1OC(C(=O)O)c1ccc2c(c1)OCO2. The fourth-order valence-electron chi connectivity index (χ4n) is 3.21. The number of ether oxygens (including phenoxy) is 3. The lowest BCUT2D eigenvalue weighted by molar-refractivity contribution is -0.145. The number of pyridine rings is 1. The molecule has 2 heterocycles. The highest BCUT2D eigenvalue weighted by atomic mass is 16.7. The second-order valence-electron chi connectivity index (χ2n) is 6.33. The molecule has 1 aliphatic rings. The quantitative estimate of drug-likeness (QED) is 0.708. The van der Waals surface area contributed by atoms with E-state index in [0.29, 0.717) is 28.3 Å². The third-order valence-electron chi connectivity index (χ3n) is 4.49. The Morgan fingerprint density at radius 3 is 2.89 bits per heavy atom. The van der Waals surface area contributed by atoms with E-state index >= 15 is 0 Å². The first kappa shape index (κ1) is 17.1. The number of nitrogens with zero attached hydrogens (tertiary/aromatic N) is 1. The van der Waals surface area contributed by atoms with Crippen LogP contribution in [0.3, 0.4) is 0 Å². The molecule has 0 fully saturated rings. The van der Waals surface area contributed by atoms with E-state index in [1.54, 1.807) is 24.4 Å². The Kier molecular flexibility index (Phi) is 4.54. The molecule has 1 atom stereocenters. The van der Waals surface area contributed by atoms with Gasteiger partial charge in [0.15, 0.2) is 17.2 Å². The molecule has 4 rings (SSSR count). The largest absolute Gasteiger partial charge is 0.478 e. The average Bonchev–Trinajstić information content (AvgIpc) is 3.14. The summed E-state index contributed by atoms with van der Waals surface area (Å²) < 4.78 is 16.7. The first-order valence-electron chi connectivity index (χ1n) is 8.83. The summed E-state index contributed by atoms with van der Waals surface area (Å²) in [6, 6.07) is 12.8. The van der Waals surface area contributed by atoms with Crippen LogP contribution < -0.4 is 14.2 Å². The predicted octanol–water partition coefficient (Wildman–Crippen LogP) is 4.12. The zero-order chi connectivity index (χ0) is 18.8. The average molecular weight is 365 g/mol. The van der Waals surface area contributed by atoms with Crippen molar-refractivity contribution in [3.63, 3.8) is 0 Å². The number of rotatable bonds is 6. The summed E-state index contributed by atoms with van der Waals surface area (Å²) >= 11 is 0. The van der Waals surface area contributed by atoms with Gasteiger partial charge in [0.05, 0.1) is 0 Å². The van der Waals surface area contributed by atoms with Gasteiger partial charge in [-0.2, -0.15) is 0 Å². The second kappa shape index (κ2) is 7.15. The number of carboxylic acid groups (broad SMARTS) is 1. The Morgan fingerprint density at radius 1 is 1.22 bits per heavy atom. The molecule has 1 aliphatic heterocycles. The summed E-state index contributed by atoms with van der Waals surface area (Å²) in [4.78, 5) is 16.4. The highest BCUT2D eigenvalue weighted by Crippen LogP contribution is 2.37. The maximum absolute atomic E-state index is 12.0. The summed E-state index contributed by atoms with van der Waals surface area (Å²) in [5, 5.41) is 10.7. The van der Waals surface area contributed by atoms with Gasteiger partial charge in [0.25, 0.3) is 0 Å². The molecule has 0 aliphatic carbocycles. The molecule has 1 unspecified atom stereocenters. The van der Waals surface area contributed by atoms with E-state index in [1.807, 2.05) is 24.3 Å². The van der Waals surface area contributed by atoms with Crippen LogP contribution in [0.15, 0.2) is 48.7 Å². The smallest absolute Gasteiger partial charge is 0.349 e. The molecule has 1 N–H and O–H groups in total. The number of aryl methyl sites for hydroxylation is 1. The monoisotopic (exact) mass is 365 g/mol. The van der Waals surface area contributed by atoms with E-state index in [2.05, 4.69) is 11.9 Å². The normalized spacial score (nSPS) is 13.5. The van der Waals surface area contributed by atoms with E-state index in [0.717, 1.165) is 23.8 Å². The minimum absolute atomic E-state index is 0.130. The van der Waals surface area contributed by atoms with Gasteiger partial charge in [0, 0.05) is 17.1 Å². The van der Waals surface area contributed by atoms with Crippen LogP contribution >= 0.6 is 0 Å². The Bertz CT molecular complexity index is 1000. The Morgan fingerprint density at radius 2 is 2.07 bits per heavy atom. The third-order valence-corrected chi connectivity index (χ3v) is 4.49. The van der Waals surface area contributed by atoms with E-state index in [4.69, 9.17) is 14.2 Å². The summed E-state index contributed by atoms with van der Waals surface area (Å²) in [6.07, 6.45) is 2.19. The van der Waals surface area contributed by atoms with Crippen molar-refractivity contribution < 1.29 is 24.1 Å². The lowest BCUT2D eigenvalue weighted by Crippen LogP contribution is -2.19. The van der Waals surface area contributed by atoms with Gasteiger partial charge in [-0.05, 0) is 30.2 Å². The molecule has 0 radical (unpaired) electrons. The maximum atomic E-state index is 12.0. The zero-order valence-corrected chi connectivity index (χ0v) is 14.8. The van der Waals surface area contributed by atoms with Gasteiger partial charge in [-0.15, -0.1) is 0 Å². The van der Waals surface area contributed by atoms with E-state index in [-0.39, 0.29) is 6.79 Å². The van der Waals surface area contributed by atoms with Crippen molar-refractivity contribution in [3.05, 3.63) is 59.8 Å². The van der Waals surface area contributed by atoms with Gasteiger partial charge < -0.3 is 19.3 Å². The second-order valence-corrected chi connectivity index (χ2v) is 6.33. The number of fused-ring (bicyclic) bond motifs is 2. The summed E-state index contributed by atoms with van der Waals surface area (Å²) in [5.41, 5.74) is 2.09. The molecular formula is C21H19NO5. The first-order chi connectivity index (χ1) is 13.2. The van der Waals surface area contributed by atoms with Gasteiger partial charge in [-0.25, -0.2) is 4.79 Å². The number of aliphatic carboxylic acids is 1. The number of aromatic nitrogens is 1. The number of carbonyl (C=O) groups is 1. The molecule has 138 valence electrons. The molecule has 6 heteroatoms. The first-order valence-corrected chi connectivity index (χ1v) is 8.83. The topological polar surface area (TPSA) is 77.9 Å². The fraction of sp³-hybridized carbons (Fsp3) is 0.238. The lowest BCUT2D eigenvalue weighted by Gasteiger charge is -2.19. The lowest BCUT2D eigenvalue weighted by atomic mass is 10.0. The van der Waals surface area contributed by atoms with Crippen molar-refractivity contribution in [2.75, 3.05) is 6.79 Å². The van der Waals surface area contributed by atoms with Crippen molar-refractivity contribution >= 4 is 16.9 Å². The molecule has 0 spiro atoms. The third kappa shape index (κ3) is 3.26. The zero-order valence-electron chi connectivity index (χ0n) is 14.8. The molecule has 27 heavy (non-hydrogen) atoms. The molecular weight excluding hydrogens is 346 g/mol. The van der Waals surface area contributed by atoms with Crippen molar-refractivity contribution in [2.24, 2.45) is 0 Å². The minimum atomic E-state index is -1.18. The molecule has 1 aromatic heterocycles. The summed E-state index contributed by atoms with van der Waals surface area (Å²) in [6.45, 7) is 2.20. The standard InChI is InChI=1S/C21H19NO5/c1-2-4-14-7-6-13-5-3-10-22-18(13)19(14)27-20(21(23)24)15-8-9-16-17(11-15)26-12-25-16/h3,5-11,20H,2,4,12H2,1H3,(H,23,24). The van der Waals surface area contributed by atoms with Crippen LogP contribution in [0.4, 0.5) is 0 Å². The van der Waals surface area contributed by atoms with Crippen LogP contribution in [0, 0.1) is 0 Å². The highest BCUT2D eigenvalue weighted by molar-refractivity contribution is 5.86. The Balaban J connectivity index is 1.78. The highest BCUT2D eigenvalue weighted by Gasteiger charge is 2.27. The number of benzene rings is 2. The van der Waals surface area contributed by atoms with Crippen molar-refractivity contribution in [3.8, 4) is 17.2 Å². The fourth-order valence-corrected chi connectivity index (χ4v) is 3.21. The van der Waals surface area contributed by atoms with Crippen LogP contribution in [0.1, 0.15) is 30.6 Å². The number of hydrogen-bond acceptors (Lipinski definition) is 5. The van der Waals surface area contributed by atoms with Gasteiger partial charge >= 0.3 is 5.97 Å². The molecule has 0 amide bonds. The molecule has 6 nitrogen and oxygen atoms in total. The van der Waals surface area contributed by atoms with Gasteiger partial charge in [-0.1, -0.05) is 37.6 Å². The number of hydrogen-bond donors (Lipinski definition) is 1. The molecule has 3 aromatic rings. The molecule has 2 aromatic carbocycles. The molecule has 0 bridgehead atoms. The van der Waals surface area contributed by atoms with E-state index < -0.39 is 12.1 Å². The Hall–Kier alpha value is -3.28.